The first-order valence-corrected chi connectivity index (χ1v) is 3.54. The van der Waals surface area contributed by atoms with E-state index in [1.54, 1.807) is 14.2 Å². The fraction of sp³-hybridized carbons (Fsp3) is 1.00. The number of ether oxygens (including phenoxy) is 2. The van der Waals surface area contributed by atoms with Crippen molar-refractivity contribution < 1.29 is 9.47 Å². The van der Waals surface area contributed by atoms with Gasteiger partial charge in [0.25, 0.3) is 0 Å². The van der Waals surface area contributed by atoms with Crippen LogP contribution in [0.3, 0.4) is 0 Å². The summed E-state index contributed by atoms with van der Waals surface area (Å²) in [5.41, 5.74) is -0.561. The van der Waals surface area contributed by atoms with Gasteiger partial charge in [-0.25, -0.2) is 0 Å². The number of hydrogen-bond donors (Lipinski definition) is 1. The van der Waals surface area contributed by atoms with Crippen LogP contribution in [0.1, 0.15) is 19.8 Å². The van der Waals surface area contributed by atoms with Gasteiger partial charge in [0, 0.05) is 14.2 Å². The highest BCUT2D eigenvalue weighted by Crippen LogP contribution is 2.12. The summed E-state index contributed by atoms with van der Waals surface area (Å²) in [7, 11) is 6.58. The summed E-state index contributed by atoms with van der Waals surface area (Å²) in [5, 5.41) is 0. The van der Waals surface area contributed by atoms with Gasteiger partial charge in [0.2, 0.25) is 0 Å². The van der Waals surface area contributed by atoms with Crippen molar-refractivity contribution in [2.75, 3.05) is 14.2 Å². The monoisotopic (exact) mass is 162 g/mol. The minimum Gasteiger partial charge on any atom is -0.358 e. The molecule has 0 unspecified atom stereocenters. The maximum absolute atomic E-state index is 5.02. The molecule has 0 aromatic rings. The molecule has 0 amide bonds. The van der Waals surface area contributed by atoms with Crippen LogP contribution in [0, 0.1) is 0 Å². The third-order valence-corrected chi connectivity index (χ3v) is 1.90. The number of methoxy groups -OCH3 is 2. The highest BCUT2D eigenvalue weighted by atomic mass is 28.1. The van der Waals surface area contributed by atoms with Crippen LogP contribution in [0.15, 0.2) is 0 Å². The van der Waals surface area contributed by atoms with Crippen LogP contribution in [0.5, 0.6) is 0 Å². The first-order chi connectivity index (χ1) is 4.18. The lowest BCUT2D eigenvalue weighted by Crippen LogP contribution is -2.33. The number of rotatable bonds is 4. The smallest absolute Gasteiger partial charge is 0.143 e. The molecular formula is C6H16NO2Si. The van der Waals surface area contributed by atoms with E-state index >= 15 is 0 Å². The molecule has 0 saturated carbocycles. The molecule has 0 spiro atoms. The van der Waals surface area contributed by atoms with Gasteiger partial charge in [-0.1, -0.05) is 13.3 Å². The molecule has 3 N–H and O–H groups in total. The minimum absolute atomic E-state index is 0. The van der Waals surface area contributed by atoms with E-state index in [4.69, 9.17) is 9.47 Å². The van der Waals surface area contributed by atoms with Crippen LogP contribution in [0.25, 0.3) is 0 Å². The van der Waals surface area contributed by atoms with Crippen molar-refractivity contribution in [2.45, 2.75) is 25.2 Å². The molecule has 0 atom stereocenters. The van der Waals surface area contributed by atoms with Crippen molar-refractivity contribution in [1.29, 1.82) is 0 Å². The van der Waals surface area contributed by atoms with Gasteiger partial charge < -0.3 is 15.6 Å². The third kappa shape index (κ3) is 4.00. The summed E-state index contributed by atoms with van der Waals surface area (Å²) in [4.78, 5) is 0. The van der Waals surface area contributed by atoms with Crippen LogP contribution in [0.4, 0.5) is 0 Å². The quantitative estimate of drug-likeness (QED) is 0.497. The Morgan fingerprint density at radius 3 is 1.80 bits per heavy atom. The Kier molecular flexibility index (Phi) is 7.46. The van der Waals surface area contributed by atoms with Crippen molar-refractivity contribution in [2.24, 2.45) is 0 Å². The third-order valence-electron chi connectivity index (χ3n) is 1.24. The normalized spacial score (nSPS) is 10.8. The predicted octanol–water partition coefficient (Wildman–Crippen LogP) is 1.06. The molecule has 3 nitrogen and oxygen atoms in total. The van der Waals surface area contributed by atoms with Crippen molar-refractivity contribution in [3.63, 3.8) is 0 Å². The molecule has 61 valence electrons. The molecule has 3 radical (unpaired) electrons. The second-order valence-electron chi connectivity index (χ2n) is 1.91. The minimum atomic E-state index is -0.561. The van der Waals surface area contributed by atoms with Crippen LogP contribution in [0.2, 0.25) is 0 Å². The lowest BCUT2D eigenvalue weighted by molar-refractivity contribution is -0.145. The van der Waals surface area contributed by atoms with Gasteiger partial charge in [0.1, 0.15) is 15.7 Å². The summed E-state index contributed by atoms with van der Waals surface area (Å²) >= 11 is 0. The first-order valence-electron chi connectivity index (χ1n) is 3.04. The van der Waals surface area contributed by atoms with E-state index in [2.05, 4.69) is 17.2 Å². The fourth-order valence-corrected chi connectivity index (χ4v) is 0.867. The molecule has 0 fully saturated rings. The van der Waals surface area contributed by atoms with Gasteiger partial charge in [-0.05, 0) is 6.42 Å². The Morgan fingerprint density at radius 1 is 1.30 bits per heavy atom. The predicted molar refractivity (Wildman–Crippen MR) is 42.4 cm³/mol. The van der Waals surface area contributed by atoms with E-state index in [9.17, 15) is 0 Å². The fourth-order valence-electron chi connectivity index (χ4n) is 0.617. The zero-order valence-electron chi connectivity index (χ0n) is 6.94. The maximum Gasteiger partial charge on any atom is 0.143 e. The van der Waals surface area contributed by atoms with Crippen molar-refractivity contribution in [3.05, 3.63) is 0 Å². The van der Waals surface area contributed by atoms with Crippen molar-refractivity contribution in [3.8, 4) is 0 Å². The van der Waals surface area contributed by atoms with Crippen LogP contribution < -0.4 is 6.15 Å². The molecule has 0 bridgehead atoms. The van der Waals surface area contributed by atoms with Crippen molar-refractivity contribution in [1.82, 2.24) is 6.15 Å². The molecule has 4 heteroatoms. The highest BCUT2D eigenvalue weighted by molar-refractivity contribution is 6.13. The molecule has 0 aliphatic heterocycles. The zero-order chi connectivity index (χ0) is 7.33. The summed E-state index contributed by atoms with van der Waals surface area (Å²) < 4.78 is 10.0. The van der Waals surface area contributed by atoms with E-state index in [0.717, 1.165) is 12.8 Å². The average molecular weight is 162 g/mol. The van der Waals surface area contributed by atoms with Crippen LogP contribution in [-0.4, -0.2) is 29.9 Å². The summed E-state index contributed by atoms with van der Waals surface area (Å²) in [6.45, 7) is 2.08. The van der Waals surface area contributed by atoms with E-state index < -0.39 is 5.41 Å². The molecule has 10 heavy (non-hydrogen) atoms. The van der Waals surface area contributed by atoms with E-state index in [0.29, 0.717) is 0 Å². The molecule has 0 aliphatic rings. The molecule has 0 aromatic carbocycles. The molecule has 0 aliphatic carbocycles. The van der Waals surface area contributed by atoms with E-state index in [1.807, 2.05) is 0 Å². The number of hydrogen-bond acceptors (Lipinski definition) is 3. The van der Waals surface area contributed by atoms with Gasteiger partial charge in [0.15, 0.2) is 0 Å². The van der Waals surface area contributed by atoms with Gasteiger partial charge in [0.05, 0.1) is 0 Å². The van der Waals surface area contributed by atoms with Gasteiger partial charge in [-0.2, -0.15) is 0 Å². The van der Waals surface area contributed by atoms with Crippen LogP contribution >= 0.6 is 0 Å². The lowest BCUT2D eigenvalue weighted by atomic mass is 10.3. The SMILES string of the molecule is CCCC([Si])(OC)OC.N. The van der Waals surface area contributed by atoms with Gasteiger partial charge in [-0.15, -0.1) is 0 Å². The van der Waals surface area contributed by atoms with E-state index in [-0.39, 0.29) is 6.15 Å². The topological polar surface area (TPSA) is 53.5 Å². The van der Waals surface area contributed by atoms with Crippen LogP contribution in [-0.2, 0) is 9.47 Å². The Morgan fingerprint density at radius 2 is 1.70 bits per heavy atom. The second-order valence-corrected chi connectivity index (χ2v) is 2.67. The second kappa shape index (κ2) is 5.85. The summed E-state index contributed by atoms with van der Waals surface area (Å²) in [6, 6.07) is 0. The lowest BCUT2D eigenvalue weighted by Gasteiger charge is -2.25. The molecule has 0 aromatic heterocycles. The van der Waals surface area contributed by atoms with Crippen molar-refractivity contribution >= 4 is 10.2 Å². The molecule has 0 rings (SSSR count). The largest absolute Gasteiger partial charge is 0.358 e. The Labute approximate surface area is 66.1 Å². The Bertz CT molecular complexity index is 76.1. The standard InChI is InChI=1S/C6H13O2Si.H3N/c1-4-5-6(9,7-2)8-3;/h4-5H2,1-3H3;1H3. The summed E-state index contributed by atoms with van der Waals surface area (Å²) in [6.07, 6.45) is 1.89. The molecule has 0 saturated heterocycles. The first kappa shape index (κ1) is 12.7. The zero-order valence-corrected chi connectivity index (χ0v) is 7.94. The van der Waals surface area contributed by atoms with Gasteiger partial charge in [-0.3, -0.25) is 0 Å². The highest BCUT2D eigenvalue weighted by Gasteiger charge is 2.20. The average Bonchev–Trinajstić information content (AvgIpc) is 1.89. The van der Waals surface area contributed by atoms with E-state index in [1.165, 1.54) is 0 Å². The Hall–Kier alpha value is 0.0969. The molecular weight excluding hydrogens is 146 g/mol. The summed E-state index contributed by atoms with van der Waals surface area (Å²) in [5.74, 6) is 0. The maximum atomic E-state index is 5.02. The Balaban J connectivity index is 0. The molecule has 0 heterocycles. The van der Waals surface area contributed by atoms with Gasteiger partial charge >= 0.3 is 0 Å².